The van der Waals surface area contributed by atoms with Gasteiger partial charge in [0.2, 0.25) is 5.88 Å². The molecule has 4 heteroatoms. The third-order valence-electron chi connectivity index (χ3n) is 2.48. The molecule has 0 bridgehead atoms. The summed E-state index contributed by atoms with van der Waals surface area (Å²) in [7, 11) is 0. The summed E-state index contributed by atoms with van der Waals surface area (Å²) >= 11 is 0. The summed E-state index contributed by atoms with van der Waals surface area (Å²) in [4.78, 5) is 11.8. The molecule has 17 heavy (non-hydrogen) atoms. The third-order valence-corrected chi connectivity index (χ3v) is 2.48. The molecule has 0 radical (unpaired) electrons. The lowest BCUT2D eigenvalue weighted by molar-refractivity contribution is 0.0894. The molecule has 1 aliphatic heterocycles. The molecular formula is C13H12N2O2. The Morgan fingerprint density at radius 2 is 2.18 bits per heavy atom. The van der Waals surface area contributed by atoms with Gasteiger partial charge in [-0.25, -0.2) is 0 Å². The minimum Gasteiger partial charge on any atom is -0.475 e. The van der Waals surface area contributed by atoms with Crippen molar-refractivity contribution in [2.24, 2.45) is 0 Å². The maximum atomic E-state index is 11.8. The lowest BCUT2D eigenvalue weighted by atomic mass is 10.2. The van der Waals surface area contributed by atoms with Crippen LogP contribution in [0.2, 0.25) is 0 Å². The van der Waals surface area contributed by atoms with E-state index in [1.165, 1.54) is 0 Å². The second kappa shape index (κ2) is 4.71. The smallest absolute Gasteiger partial charge is 0.257 e. The number of nitrogens with zero attached hydrogens (tertiary/aromatic N) is 1. The van der Waals surface area contributed by atoms with E-state index >= 15 is 0 Å². The molecule has 0 spiro atoms. The van der Waals surface area contributed by atoms with Crippen molar-refractivity contribution in [3.8, 4) is 6.07 Å². The fourth-order valence-electron chi connectivity index (χ4n) is 1.66. The van der Waals surface area contributed by atoms with Crippen LogP contribution in [0.3, 0.4) is 0 Å². The number of nitrogens with one attached hydrogen (secondary N) is 1. The molecule has 1 amide bonds. The highest BCUT2D eigenvalue weighted by atomic mass is 16.5. The van der Waals surface area contributed by atoms with Crippen molar-refractivity contribution in [1.29, 1.82) is 5.26 Å². The number of hydrogen-bond donors (Lipinski definition) is 1. The van der Waals surface area contributed by atoms with Gasteiger partial charge in [0.1, 0.15) is 12.2 Å². The quantitative estimate of drug-likeness (QED) is 0.841. The van der Waals surface area contributed by atoms with Gasteiger partial charge in [-0.2, -0.15) is 5.26 Å². The lowest BCUT2D eigenvalue weighted by Gasteiger charge is -2.09. The van der Waals surface area contributed by atoms with Crippen LogP contribution in [-0.4, -0.2) is 12.0 Å². The number of hydrogen-bond acceptors (Lipinski definition) is 3. The van der Waals surface area contributed by atoms with Crippen LogP contribution in [0, 0.1) is 11.3 Å². The molecule has 1 aliphatic rings. The molecule has 1 heterocycles. The highest BCUT2D eigenvalue weighted by Gasteiger charge is 2.24. The summed E-state index contributed by atoms with van der Waals surface area (Å²) in [5.74, 6) is 0.0244. The average Bonchev–Trinajstić information content (AvgIpc) is 2.70. The van der Waals surface area contributed by atoms with Gasteiger partial charge in [-0.3, -0.25) is 10.1 Å². The van der Waals surface area contributed by atoms with Gasteiger partial charge in [0, 0.05) is 12.0 Å². The zero-order valence-corrected chi connectivity index (χ0v) is 9.43. The maximum absolute atomic E-state index is 11.8. The van der Waals surface area contributed by atoms with E-state index in [4.69, 9.17) is 10.00 Å². The second-order valence-corrected chi connectivity index (χ2v) is 3.87. The number of carbonyl (C=O) groups is 1. The summed E-state index contributed by atoms with van der Waals surface area (Å²) in [6.45, 7) is 1.86. The van der Waals surface area contributed by atoms with Crippen molar-refractivity contribution < 1.29 is 9.53 Å². The van der Waals surface area contributed by atoms with E-state index < -0.39 is 0 Å². The molecule has 0 saturated heterocycles. The number of carbonyl (C=O) groups excluding carboxylic acids is 1. The second-order valence-electron chi connectivity index (χ2n) is 3.87. The van der Waals surface area contributed by atoms with E-state index in [0.717, 1.165) is 0 Å². The van der Waals surface area contributed by atoms with Crippen LogP contribution >= 0.6 is 0 Å². The highest BCUT2D eigenvalue weighted by molar-refractivity contribution is 5.95. The highest BCUT2D eigenvalue weighted by Crippen LogP contribution is 2.22. The zero-order valence-electron chi connectivity index (χ0n) is 9.43. The van der Waals surface area contributed by atoms with E-state index in [-0.39, 0.29) is 17.9 Å². The van der Waals surface area contributed by atoms with Gasteiger partial charge >= 0.3 is 0 Å². The zero-order chi connectivity index (χ0) is 12.3. The summed E-state index contributed by atoms with van der Waals surface area (Å²) in [6, 6.07) is 10.9. The fourth-order valence-corrected chi connectivity index (χ4v) is 1.66. The Kier molecular flexibility index (Phi) is 3.10. The Morgan fingerprint density at radius 3 is 2.82 bits per heavy atom. The molecule has 2 rings (SSSR count). The van der Waals surface area contributed by atoms with Crippen molar-refractivity contribution in [3.63, 3.8) is 0 Å². The molecule has 1 atom stereocenters. The minimum absolute atomic E-state index is 0.0595. The normalized spacial score (nSPS) is 18.5. The third kappa shape index (κ3) is 2.45. The molecule has 0 saturated carbocycles. The first-order chi connectivity index (χ1) is 8.20. The minimum atomic E-state index is -0.262. The molecule has 1 N–H and O–H groups in total. The first-order valence-electron chi connectivity index (χ1n) is 5.37. The van der Waals surface area contributed by atoms with Crippen molar-refractivity contribution in [1.82, 2.24) is 5.32 Å². The Labute approximate surface area is 99.5 Å². The van der Waals surface area contributed by atoms with Crippen LogP contribution in [0.5, 0.6) is 0 Å². The predicted octanol–water partition coefficient (Wildman–Crippen LogP) is 1.96. The average molecular weight is 228 g/mol. The van der Waals surface area contributed by atoms with Crippen LogP contribution in [0.1, 0.15) is 23.7 Å². The summed E-state index contributed by atoms with van der Waals surface area (Å²) in [6.07, 6.45) is 0.483. The van der Waals surface area contributed by atoms with Gasteiger partial charge in [0.05, 0.1) is 5.57 Å². The van der Waals surface area contributed by atoms with Crippen molar-refractivity contribution in [3.05, 3.63) is 47.4 Å². The van der Waals surface area contributed by atoms with Crippen LogP contribution in [-0.2, 0) is 4.74 Å². The number of amides is 1. The van der Waals surface area contributed by atoms with E-state index in [2.05, 4.69) is 5.32 Å². The van der Waals surface area contributed by atoms with Crippen LogP contribution in [0.25, 0.3) is 0 Å². The van der Waals surface area contributed by atoms with Crippen LogP contribution in [0.15, 0.2) is 41.8 Å². The molecule has 1 aromatic carbocycles. The van der Waals surface area contributed by atoms with Gasteiger partial charge in [-0.1, -0.05) is 18.2 Å². The van der Waals surface area contributed by atoms with Crippen LogP contribution < -0.4 is 5.32 Å². The first-order valence-corrected chi connectivity index (χ1v) is 5.37. The molecule has 0 aliphatic carbocycles. The SMILES string of the molecule is CC1CC(C#N)=C(NC(=O)c2ccccc2)O1. The van der Waals surface area contributed by atoms with E-state index in [1.807, 2.05) is 19.1 Å². The molecule has 1 unspecified atom stereocenters. The predicted molar refractivity (Wildman–Crippen MR) is 61.7 cm³/mol. The van der Waals surface area contributed by atoms with Gasteiger partial charge in [0.25, 0.3) is 5.91 Å². The van der Waals surface area contributed by atoms with Gasteiger partial charge in [-0.05, 0) is 19.1 Å². The Balaban J connectivity index is 2.13. The standard InChI is InChI=1S/C13H12N2O2/c1-9-7-11(8-14)13(17-9)15-12(16)10-5-3-2-4-6-10/h2-6,9H,7H2,1H3,(H,15,16). The molecular weight excluding hydrogens is 216 g/mol. The fraction of sp³-hybridized carbons (Fsp3) is 0.231. The maximum Gasteiger partial charge on any atom is 0.257 e. The Morgan fingerprint density at radius 1 is 1.47 bits per heavy atom. The monoisotopic (exact) mass is 228 g/mol. The first kappa shape index (κ1) is 11.2. The van der Waals surface area contributed by atoms with Crippen LogP contribution in [0.4, 0.5) is 0 Å². The lowest BCUT2D eigenvalue weighted by Crippen LogP contribution is -2.24. The number of ether oxygens (including phenoxy) is 1. The summed E-state index contributed by atoms with van der Waals surface area (Å²) < 4.78 is 5.38. The number of nitriles is 1. The topological polar surface area (TPSA) is 62.1 Å². The summed E-state index contributed by atoms with van der Waals surface area (Å²) in [5, 5.41) is 11.5. The van der Waals surface area contributed by atoms with Crippen molar-refractivity contribution >= 4 is 5.91 Å². The Bertz CT molecular complexity index is 500. The molecule has 0 aromatic heterocycles. The van der Waals surface area contributed by atoms with Crippen molar-refractivity contribution in [2.45, 2.75) is 19.4 Å². The largest absolute Gasteiger partial charge is 0.475 e. The molecule has 1 aromatic rings. The van der Waals surface area contributed by atoms with Gasteiger partial charge in [-0.15, -0.1) is 0 Å². The summed E-state index contributed by atoms with van der Waals surface area (Å²) in [5.41, 5.74) is 1.03. The number of rotatable bonds is 2. The van der Waals surface area contributed by atoms with Gasteiger partial charge in [0.15, 0.2) is 0 Å². The Hall–Kier alpha value is -2.28. The molecule has 4 nitrogen and oxygen atoms in total. The molecule has 0 fully saturated rings. The van der Waals surface area contributed by atoms with E-state index in [0.29, 0.717) is 17.6 Å². The van der Waals surface area contributed by atoms with Gasteiger partial charge < -0.3 is 4.74 Å². The van der Waals surface area contributed by atoms with E-state index in [9.17, 15) is 4.79 Å². The number of benzene rings is 1. The van der Waals surface area contributed by atoms with E-state index in [1.54, 1.807) is 24.3 Å². The van der Waals surface area contributed by atoms with Crippen molar-refractivity contribution in [2.75, 3.05) is 0 Å². The molecule has 86 valence electrons.